The molecule has 0 saturated carbocycles. The summed E-state index contributed by atoms with van der Waals surface area (Å²) < 4.78 is 0. The van der Waals surface area contributed by atoms with Crippen LogP contribution in [0.25, 0.3) is 10.8 Å². The largest absolute Gasteiger partial charge is 0.300 e. The van der Waals surface area contributed by atoms with Crippen LogP contribution < -0.4 is 10.9 Å². The van der Waals surface area contributed by atoms with Crippen LogP contribution >= 0.6 is 0 Å². The van der Waals surface area contributed by atoms with Crippen LogP contribution in [-0.2, 0) is 16.0 Å². The van der Waals surface area contributed by atoms with Crippen molar-refractivity contribution in [2.75, 3.05) is 32.7 Å². The van der Waals surface area contributed by atoms with E-state index in [0.29, 0.717) is 13.0 Å². The van der Waals surface area contributed by atoms with Gasteiger partial charge in [0, 0.05) is 39.1 Å². The number of nitrogens with zero attached hydrogens (tertiary/aromatic N) is 2. The molecule has 0 aromatic heterocycles. The average molecular weight is 507 g/mol. The predicted molar refractivity (Wildman–Crippen MR) is 151 cm³/mol. The van der Waals surface area contributed by atoms with Gasteiger partial charge in [0.1, 0.15) is 0 Å². The number of carbonyl (C=O) groups is 2. The third-order valence-corrected chi connectivity index (χ3v) is 7.23. The Balaban J connectivity index is 1.08. The van der Waals surface area contributed by atoms with Crippen molar-refractivity contribution in [3.8, 4) is 0 Å². The Labute approximate surface area is 224 Å². The number of hydrogen-bond donors (Lipinski definition) is 2. The molecule has 0 spiro atoms. The highest BCUT2D eigenvalue weighted by atomic mass is 16.2. The lowest BCUT2D eigenvalue weighted by Crippen LogP contribution is -2.49. The zero-order valence-corrected chi connectivity index (χ0v) is 21.6. The van der Waals surface area contributed by atoms with Crippen molar-refractivity contribution in [1.82, 2.24) is 20.7 Å². The molecule has 194 valence electrons. The number of amides is 2. The first-order chi connectivity index (χ1) is 18.7. The summed E-state index contributed by atoms with van der Waals surface area (Å²) in [7, 11) is 0. The second-order valence-corrected chi connectivity index (χ2v) is 9.76. The summed E-state index contributed by atoms with van der Waals surface area (Å²) in [5, 5.41) is 2.15. The maximum absolute atomic E-state index is 12.5. The van der Waals surface area contributed by atoms with E-state index in [0.717, 1.165) is 42.5 Å². The van der Waals surface area contributed by atoms with E-state index in [1.165, 1.54) is 11.1 Å². The van der Waals surface area contributed by atoms with Gasteiger partial charge in [0.2, 0.25) is 11.8 Å². The topological polar surface area (TPSA) is 64.7 Å². The van der Waals surface area contributed by atoms with Crippen molar-refractivity contribution in [2.24, 2.45) is 0 Å². The van der Waals surface area contributed by atoms with E-state index in [4.69, 9.17) is 0 Å². The minimum absolute atomic E-state index is 0.176. The highest BCUT2D eigenvalue weighted by Crippen LogP contribution is 2.29. The molecule has 0 radical (unpaired) electrons. The lowest BCUT2D eigenvalue weighted by Gasteiger charge is -2.39. The van der Waals surface area contributed by atoms with Gasteiger partial charge < -0.3 is 4.90 Å². The summed E-state index contributed by atoms with van der Waals surface area (Å²) in [4.78, 5) is 29.7. The van der Waals surface area contributed by atoms with E-state index >= 15 is 0 Å². The van der Waals surface area contributed by atoms with Crippen LogP contribution in [0.3, 0.4) is 0 Å². The molecular formula is C32H34N4O2. The lowest BCUT2D eigenvalue weighted by molar-refractivity contribution is -0.128. The van der Waals surface area contributed by atoms with Gasteiger partial charge in [-0.1, -0.05) is 103 Å². The Hall–Kier alpha value is -4.00. The summed E-state index contributed by atoms with van der Waals surface area (Å²) in [5.41, 5.74) is 8.70. The molecule has 1 aliphatic heterocycles. The maximum Gasteiger partial charge on any atom is 0.242 e. The quantitative estimate of drug-likeness (QED) is 0.349. The molecule has 6 heteroatoms. The third-order valence-electron chi connectivity index (χ3n) is 7.23. The van der Waals surface area contributed by atoms with Crippen molar-refractivity contribution < 1.29 is 9.59 Å². The van der Waals surface area contributed by atoms with E-state index in [-0.39, 0.29) is 24.3 Å². The molecule has 38 heavy (non-hydrogen) atoms. The first-order valence-electron chi connectivity index (χ1n) is 13.3. The number of nitrogens with one attached hydrogen (secondary N) is 2. The number of rotatable bonds is 8. The standard InChI is InChI=1S/C32H34N4O2/c37-30(33-34-31(38)24-28-16-9-15-25-10-7-8-17-29(25)28)18-19-35-20-22-36(23-21-35)32(26-11-3-1-4-12-26)27-13-5-2-6-14-27/h1-17,32H,18-24H2,(H,33,37)(H,34,38). The van der Waals surface area contributed by atoms with Crippen LogP contribution in [0.15, 0.2) is 103 Å². The molecule has 0 bridgehead atoms. The summed E-state index contributed by atoms with van der Waals surface area (Å²) in [6.07, 6.45) is 0.558. The molecule has 2 amide bonds. The Bertz CT molecular complexity index is 1310. The molecular weight excluding hydrogens is 472 g/mol. The van der Waals surface area contributed by atoms with E-state index in [2.05, 4.69) is 81.3 Å². The van der Waals surface area contributed by atoms with Gasteiger partial charge in [0.05, 0.1) is 12.5 Å². The first-order valence-corrected chi connectivity index (χ1v) is 13.3. The van der Waals surface area contributed by atoms with E-state index in [1.54, 1.807) is 0 Å². The van der Waals surface area contributed by atoms with Crippen LogP contribution in [-0.4, -0.2) is 54.3 Å². The molecule has 0 aliphatic carbocycles. The Morgan fingerprint density at radius 2 is 1.24 bits per heavy atom. The Kier molecular flexibility index (Phi) is 8.43. The van der Waals surface area contributed by atoms with Crippen LogP contribution in [0.4, 0.5) is 0 Å². The van der Waals surface area contributed by atoms with E-state index in [9.17, 15) is 9.59 Å². The van der Waals surface area contributed by atoms with Gasteiger partial charge in [-0.3, -0.25) is 25.3 Å². The normalized spacial score (nSPS) is 14.4. The SMILES string of the molecule is O=C(CCN1CCN(C(c2ccccc2)c2ccccc2)CC1)NNC(=O)Cc1cccc2ccccc12. The van der Waals surface area contributed by atoms with Crippen molar-refractivity contribution in [3.63, 3.8) is 0 Å². The molecule has 1 heterocycles. The fourth-order valence-corrected chi connectivity index (χ4v) is 5.26. The minimum atomic E-state index is -0.226. The Morgan fingerprint density at radius 1 is 0.658 bits per heavy atom. The zero-order chi connectivity index (χ0) is 26.2. The molecule has 0 atom stereocenters. The highest BCUT2D eigenvalue weighted by Gasteiger charge is 2.26. The summed E-state index contributed by atoms with van der Waals surface area (Å²) in [5.74, 6) is -0.402. The first kappa shape index (κ1) is 25.6. The summed E-state index contributed by atoms with van der Waals surface area (Å²) in [6.45, 7) is 4.32. The molecule has 1 fully saturated rings. The van der Waals surface area contributed by atoms with Crippen molar-refractivity contribution in [1.29, 1.82) is 0 Å². The Morgan fingerprint density at radius 3 is 1.92 bits per heavy atom. The van der Waals surface area contributed by atoms with Gasteiger partial charge in [0.25, 0.3) is 0 Å². The molecule has 4 aromatic rings. The molecule has 0 unspecified atom stereocenters. The monoisotopic (exact) mass is 506 g/mol. The predicted octanol–water partition coefficient (Wildman–Crippen LogP) is 4.33. The fourth-order valence-electron chi connectivity index (χ4n) is 5.26. The number of benzene rings is 4. The van der Waals surface area contributed by atoms with Gasteiger partial charge in [-0.15, -0.1) is 0 Å². The van der Waals surface area contributed by atoms with Crippen LogP contribution in [0.5, 0.6) is 0 Å². The third kappa shape index (κ3) is 6.46. The van der Waals surface area contributed by atoms with Gasteiger partial charge in [-0.25, -0.2) is 0 Å². The van der Waals surface area contributed by atoms with Gasteiger partial charge in [0.15, 0.2) is 0 Å². The van der Waals surface area contributed by atoms with Gasteiger partial charge >= 0.3 is 0 Å². The maximum atomic E-state index is 12.5. The smallest absolute Gasteiger partial charge is 0.242 e. The number of hydrazine groups is 1. The number of fused-ring (bicyclic) bond motifs is 1. The fraction of sp³-hybridized carbons (Fsp3) is 0.250. The second-order valence-electron chi connectivity index (χ2n) is 9.76. The number of carbonyl (C=O) groups excluding carboxylic acids is 2. The molecule has 4 aromatic carbocycles. The highest BCUT2D eigenvalue weighted by molar-refractivity contribution is 5.90. The minimum Gasteiger partial charge on any atom is -0.300 e. The van der Waals surface area contributed by atoms with Crippen LogP contribution in [0.2, 0.25) is 0 Å². The van der Waals surface area contributed by atoms with Crippen molar-refractivity contribution in [3.05, 3.63) is 120 Å². The molecule has 6 nitrogen and oxygen atoms in total. The average Bonchev–Trinajstić information content (AvgIpc) is 2.97. The molecule has 1 saturated heterocycles. The second kappa shape index (κ2) is 12.5. The zero-order valence-electron chi connectivity index (χ0n) is 21.6. The van der Waals surface area contributed by atoms with Crippen LogP contribution in [0.1, 0.15) is 29.2 Å². The van der Waals surface area contributed by atoms with Crippen LogP contribution in [0, 0.1) is 0 Å². The van der Waals surface area contributed by atoms with Crippen molar-refractivity contribution >= 4 is 22.6 Å². The van der Waals surface area contributed by atoms with Gasteiger partial charge in [-0.2, -0.15) is 0 Å². The summed E-state index contributed by atoms with van der Waals surface area (Å²) >= 11 is 0. The van der Waals surface area contributed by atoms with E-state index in [1.807, 2.05) is 42.5 Å². The molecule has 1 aliphatic rings. The van der Waals surface area contributed by atoms with E-state index < -0.39 is 0 Å². The lowest BCUT2D eigenvalue weighted by atomic mass is 9.96. The number of piperazine rings is 1. The summed E-state index contributed by atoms with van der Waals surface area (Å²) in [6, 6.07) is 35.4. The molecule has 5 rings (SSSR count). The molecule has 2 N–H and O–H groups in total. The van der Waals surface area contributed by atoms with Gasteiger partial charge in [-0.05, 0) is 27.5 Å². The number of hydrogen-bond acceptors (Lipinski definition) is 4. The van der Waals surface area contributed by atoms with Crippen molar-refractivity contribution in [2.45, 2.75) is 18.9 Å².